The zero-order chi connectivity index (χ0) is 19.5. The molecule has 1 aliphatic rings. The van der Waals surface area contributed by atoms with Gasteiger partial charge in [0.25, 0.3) is 0 Å². The van der Waals surface area contributed by atoms with Crippen molar-refractivity contribution in [2.75, 3.05) is 20.1 Å². The number of ether oxygens (including phenoxy) is 1. The maximum absolute atomic E-state index is 12.4. The van der Waals surface area contributed by atoms with Crippen LogP contribution < -0.4 is 0 Å². The summed E-state index contributed by atoms with van der Waals surface area (Å²) >= 11 is 0. The summed E-state index contributed by atoms with van der Waals surface area (Å²) in [6, 6.07) is -0.0676. The van der Waals surface area contributed by atoms with Gasteiger partial charge in [-0.2, -0.15) is 5.10 Å². The highest BCUT2D eigenvalue weighted by molar-refractivity contribution is 5.76. The lowest BCUT2D eigenvalue weighted by molar-refractivity contribution is -0.385. The van der Waals surface area contributed by atoms with Crippen LogP contribution in [0.25, 0.3) is 0 Å². The van der Waals surface area contributed by atoms with Gasteiger partial charge in [0.2, 0.25) is 5.91 Å². The second-order valence-corrected chi connectivity index (χ2v) is 7.34. The standard InChI is InChI=1S/C16H25N5O5/c1-16(2,3)26-15(23)19-7-5-12(10-19)18(4)14(22)6-8-20-11-13(9-17-20)21(24)25/h9,11-12H,5-8,10H2,1-4H3/t12-/m1/s1. The first-order valence-electron chi connectivity index (χ1n) is 8.47. The first kappa shape index (κ1) is 19.7. The molecule has 0 unspecified atom stereocenters. The fourth-order valence-electron chi connectivity index (χ4n) is 2.71. The lowest BCUT2D eigenvalue weighted by Crippen LogP contribution is -2.41. The van der Waals surface area contributed by atoms with Crippen molar-refractivity contribution in [3.63, 3.8) is 0 Å². The van der Waals surface area contributed by atoms with Gasteiger partial charge in [0.1, 0.15) is 18.0 Å². The summed E-state index contributed by atoms with van der Waals surface area (Å²) in [4.78, 5) is 37.8. The molecular weight excluding hydrogens is 342 g/mol. The summed E-state index contributed by atoms with van der Waals surface area (Å²) in [5, 5.41) is 14.5. The predicted octanol–water partition coefficient (Wildman–Crippen LogP) is 1.65. The quantitative estimate of drug-likeness (QED) is 0.578. The van der Waals surface area contributed by atoms with Crippen LogP contribution in [0.4, 0.5) is 10.5 Å². The number of hydrogen-bond donors (Lipinski definition) is 0. The summed E-state index contributed by atoms with van der Waals surface area (Å²) < 4.78 is 6.73. The topological polar surface area (TPSA) is 111 Å². The molecule has 1 aromatic heterocycles. The van der Waals surface area contributed by atoms with Gasteiger partial charge >= 0.3 is 11.8 Å². The van der Waals surface area contributed by atoms with E-state index in [4.69, 9.17) is 4.74 Å². The van der Waals surface area contributed by atoms with E-state index in [9.17, 15) is 19.7 Å². The van der Waals surface area contributed by atoms with Gasteiger partial charge in [-0.25, -0.2) is 4.79 Å². The Morgan fingerprint density at radius 3 is 2.73 bits per heavy atom. The van der Waals surface area contributed by atoms with Gasteiger partial charge in [-0.3, -0.25) is 19.6 Å². The van der Waals surface area contributed by atoms with Crippen molar-refractivity contribution in [3.8, 4) is 0 Å². The molecule has 1 saturated heterocycles. The van der Waals surface area contributed by atoms with Crippen molar-refractivity contribution < 1.29 is 19.2 Å². The Morgan fingerprint density at radius 1 is 1.46 bits per heavy atom. The number of hydrogen-bond acceptors (Lipinski definition) is 6. The molecule has 1 aromatic rings. The average Bonchev–Trinajstić information content (AvgIpc) is 3.19. The van der Waals surface area contributed by atoms with Gasteiger partial charge in [-0.1, -0.05) is 0 Å². The number of carbonyl (C=O) groups excluding carboxylic acids is 2. The molecule has 0 aliphatic carbocycles. The van der Waals surface area contributed by atoms with Crippen molar-refractivity contribution in [2.24, 2.45) is 0 Å². The highest BCUT2D eigenvalue weighted by Gasteiger charge is 2.33. The van der Waals surface area contributed by atoms with E-state index in [1.807, 2.05) is 20.8 Å². The van der Waals surface area contributed by atoms with Crippen molar-refractivity contribution >= 4 is 17.7 Å². The summed E-state index contributed by atoms with van der Waals surface area (Å²) in [6.07, 6.45) is 2.95. The zero-order valence-electron chi connectivity index (χ0n) is 15.5. The van der Waals surface area contributed by atoms with Crippen LogP contribution in [0.5, 0.6) is 0 Å². The molecule has 0 radical (unpaired) electrons. The summed E-state index contributed by atoms with van der Waals surface area (Å²) in [5.74, 6) is -0.0980. The number of carbonyl (C=O) groups is 2. The van der Waals surface area contributed by atoms with Gasteiger partial charge in [0, 0.05) is 33.1 Å². The number of likely N-dealkylation sites (tertiary alicyclic amines) is 1. The molecule has 26 heavy (non-hydrogen) atoms. The maximum atomic E-state index is 12.4. The molecule has 10 heteroatoms. The van der Waals surface area contributed by atoms with Gasteiger partial charge in [0.05, 0.1) is 11.0 Å². The van der Waals surface area contributed by atoms with Crippen LogP contribution in [0.1, 0.15) is 33.6 Å². The third-order valence-corrected chi connectivity index (χ3v) is 4.14. The van der Waals surface area contributed by atoms with Crippen LogP contribution in [0.2, 0.25) is 0 Å². The molecule has 1 fully saturated rings. The smallest absolute Gasteiger partial charge is 0.410 e. The molecule has 2 heterocycles. The summed E-state index contributed by atoms with van der Waals surface area (Å²) in [7, 11) is 1.71. The van der Waals surface area contributed by atoms with Crippen molar-refractivity contribution in [1.82, 2.24) is 19.6 Å². The zero-order valence-corrected chi connectivity index (χ0v) is 15.5. The maximum Gasteiger partial charge on any atom is 0.410 e. The minimum absolute atomic E-state index is 0.0676. The van der Waals surface area contributed by atoms with Crippen molar-refractivity contribution in [2.45, 2.75) is 51.8 Å². The molecule has 144 valence electrons. The number of aromatic nitrogens is 2. The van der Waals surface area contributed by atoms with Crippen LogP contribution in [-0.4, -0.2) is 68.3 Å². The Bertz CT molecular complexity index is 681. The van der Waals surface area contributed by atoms with Crippen LogP contribution in [0.3, 0.4) is 0 Å². The van der Waals surface area contributed by atoms with Crippen LogP contribution in [0, 0.1) is 10.1 Å². The molecular formula is C16H25N5O5. The highest BCUT2D eigenvalue weighted by Crippen LogP contribution is 2.19. The normalized spacial score (nSPS) is 17.2. The van der Waals surface area contributed by atoms with E-state index in [-0.39, 0.29) is 36.7 Å². The Morgan fingerprint density at radius 2 is 2.15 bits per heavy atom. The van der Waals surface area contributed by atoms with E-state index >= 15 is 0 Å². The first-order chi connectivity index (χ1) is 12.1. The Hall–Kier alpha value is -2.65. The molecule has 2 amide bonds. The fourth-order valence-corrected chi connectivity index (χ4v) is 2.71. The van der Waals surface area contributed by atoms with E-state index in [2.05, 4.69) is 5.10 Å². The van der Waals surface area contributed by atoms with Crippen LogP contribution >= 0.6 is 0 Å². The van der Waals surface area contributed by atoms with E-state index in [0.29, 0.717) is 19.5 Å². The molecule has 2 rings (SSSR count). The van der Waals surface area contributed by atoms with Gasteiger partial charge in [-0.15, -0.1) is 0 Å². The average molecular weight is 367 g/mol. The fraction of sp³-hybridized carbons (Fsp3) is 0.688. The monoisotopic (exact) mass is 367 g/mol. The van der Waals surface area contributed by atoms with Gasteiger partial charge in [0.15, 0.2) is 0 Å². The minimum atomic E-state index is -0.552. The molecule has 10 nitrogen and oxygen atoms in total. The summed E-state index contributed by atoms with van der Waals surface area (Å²) in [6.45, 7) is 6.68. The van der Waals surface area contributed by atoms with Crippen LogP contribution in [-0.2, 0) is 16.1 Å². The highest BCUT2D eigenvalue weighted by atomic mass is 16.6. The number of nitrogens with zero attached hydrogens (tertiary/aromatic N) is 5. The van der Waals surface area contributed by atoms with E-state index in [0.717, 1.165) is 6.20 Å². The van der Waals surface area contributed by atoms with Gasteiger partial charge in [-0.05, 0) is 27.2 Å². The van der Waals surface area contributed by atoms with E-state index < -0.39 is 10.5 Å². The largest absolute Gasteiger partial charge is 0.444 e. The molecule has 1 aliphatic heterocycles. The summed E-state index contributed by atoms with van der Waals surface area (Å²) in [5.41, 5.74) is -0.655. The van der Waals surface area contributed by atoms with E-state index in [1.54, 1.807) is 16.8 Å². The lowest BCUT2D eigenvalue weighted by Gasteiger charge is -2.26. The molecule has 0 spiro atoms. The third-order valence-electron chi connectivity index (χ3n) is 4.14. The van der Waals surface area contributed by atoms with E-state index in [1.165, 1.54) is 10.9 Å². The van der Waals surface area contributed by atoms with Crippen molar-refractivity contribution in [3.05, 3.63) is 22.5 Å². The molecule has 0 bridgehead atoms. The van der Waals surface area contributed by atoms with Crippen molar-refractivity contribution in [1.29, 1.82) is 0 Å². The number of rotatable bonds is 5. The number of aryl methyl sites for hydroxylation is 1. The SMILES string of the molecule is CN(C(=O)CCn1cc([N+](=O)[O-])cn1)[C@@H]1CCN(C(=O)OC(C)(C)C)C1. The molecule has 0 saturated carbocycles. The second kappa shape index (κ2) is 7.71. The predicted molar refractivity (Wildman–Crippen MR) is 92.5 cm³/mol. The number of nitro groups is 1. The Labute approximate surface area is 151 Å². The Balaban J connectivity index is 1.82. The lowest BCUT2D eigenvalue weighted by atomic mass is 10.2. The molecule has 1 atom stereocenters. The number of likely N-dealkylation sites (N-methyl/N-ethyl adjacent to an activating group) is 1. The minimum Gasteiger partial charge on any atom is -0.444 e. The van der Waals surface area contributed by atoms with Gasteiger partial charge < -0.3 is 14.5 Å². The third kappa shape index (κ3) is 5.17. The first-order valence-corrected chi connectivity index (χ1v) is 8.47. The molecule has 0 aromatic carbocycles. The second-order valence-electron chi connectivity index (χ2n) is 7.34. The van der Waals surface area contributed by atoms with Crippen LogP contribution in [0.15, 0.2) is 12.4 Å². The Kier molecular flexibility index (Phi) is 5.83. The molecule has 0 N–H and O–H groups in total. The number of amides is 2.